The quantitative estimate of drug-likeness (QED) is 0.374. The molecule has 2 N–H and O–H groups in total. The molecule has 0 saturated heterocycles. The zero-order valence-corrected chi connectivity index (χ0v) is 16.9. The fraction of sp³-hybridized carbons (Fsp3) is 0.0370. The average Bonchev–Trinajstić information content (AvgIpc) is 2.81. The average molecular weight is 406 g/mol. The summed E-state index contributed by atoms with van der Waals surface area (Å²) in [6.45, 7) is 0. The monoisotopic (exact) mass is 406 g/mol. The number of hydrogen-bond donors (Lipinski definition) is 2. The Morgan fingerprint density at radius 3 is 2.03 bits per heavy atom. The van der Waals surface area contributed by atoms with Crippen molar-refractivity contribution in [2.75, 3.05) is 0 Å². The van der Waals surface area contributed by atoms with Gasteiger partial charge in [-0.2, -0.15) is 0 Å². The molecule has 0 heterocycles. The lowest BCUT2D eigenvalue weighted by Gasteiger charge is -2.12. The van der Waals surface area contributed by atoms with E-state index in [2.05, 4.69) is 4.99 Å². The van der Waals surface area contributed by atoms with Crippen LogP contribution in [0.1, 0.15) is 16.7 Å². The molecule has 0 amide bonds. The number of aliphatic imine (C=N–C) groups is 2. The molecule has 0 aliphatic heterocycles. The Hall–Kier alpha value is -4.18. The van der Waals surface area contributed by atoms with E-state index in [9.17, 15) is 10.2 Å². The molecule has 0 bridgehead atoms. The highest BCUT2D eigenvalue weighted by Gasteiger charge is 2.14. The zero-order valence-electron chi connectivity index (χ0n) is 16.9. The highest BCUT2D eigenvalue weighted by molar-refractivity contribution is 6.05. The van der Waals surface area contributed by atoms with Gasteiger partial charge in [-0.3, -0.25) is 9.98 Å². The van der Waals surface area contributed by atoms with E-state index in [4.69, 9.17) is 4.99 Å². The molecular formula is C27H22N2O2. The molecule has 4 heteroatoms. The van der Waals surface area contributed by atoms with Crippen molar-refractivity contribution in [1.29, 1.82) is 0 Å². The van der Waals surface area contributed by atoms with E-state index < -0.39 is 0 Å². The van der Waals surface area contributed by atoms with Crippen LogP contribution >= 0.6 is 0 Å². The minimum Gasteiger partial charge on any atom is -0.507 e. The third-order valence-corrected chi connectivity index (χ3v) is 4.85. The van der Waals surface area contributed by atoms with Gasteiger partial charge in [0.25, 0.3) is 0 Å². The van der Waals surface area contributed by atoms with E-state index in [1.807, 2.05) is 91.0 Å². The lowest BCUT2D eigenvalue weighted by molar-refractivity contribution is 0.468. The number of phenols is 2. The number of benzene rings is 4. The maximum Gasteiger partial charge on any atom is 0.127 e. The van der Waals surface area contributed by atoms with Gasteiger partial charge in [-0.1, -0.05) is 60.7 Å². The van der Waals surface area contributed by atoms with Gasteiger partial charge in [-0.15, -0.1) is 0 Å². The summed E-state index contributed by atoms with van der Waals surface area (Å²) < 4.78 is 0. The highest BCUT2D eigenvalue weighted by Crippen LogP contribution is 2.27. The first-order chi connectivity index (χ1) is 15.2. The molecule has 4 aromatic carbocycles. The highest BCUT2D eigenvalue weighted by atomic mass is 16.3. The van der Waals surface area contributed by atoms with Crippen LogP contribution in [0.2, 0.25) is 0 Å². The van der Waals surface area contributed by atoms with E-state index in [0.29, 0.717) is 28.8 Å². The summed E-state index contributed by atoms with van der Waals surface area (Å²) in [6, 6.07) is 31.8. The summed E-state index contributed by atoms with van der Waals surface area (Å²) >= 11 is 0. The van der Waals surface area contributed by atoms with Crippen molar-refractivity contribution in [2.24, 2.45) is 9.98 Å². The van der Waals surface area contributed by atoms with Crippen molar-refractivity contribution in [2.45, 2.75) is 6.42 Å². The summed E-state index contributed by atoms with van der Waals surface area (Å²) in [6.07, 6.45) is 2.01. The standard InChI is InChI=1S/C27H22N2O2/c30-26-17-8-7-16-24(26)25(29-23-14-5-2-6-15-23)18-20-10-9-11-21(27(20)31)19-28-22-12-3-1-4-13-22/h1-17,19,30-31H,18H2/b28-19+,29-25+. The van der Waals surface area contributed by atoms with Crippen molar-refractivity contribution in [1.82, 2.24) is 0 Å². The number of rotatable bonds is 6. The molecular weight excluding hydrogens is 384 g/mol. The first kappa shape index (κ1) is 20.1. The lowest BCUT2D eigenvalue weighted by atomic mass is 9.98. The van der Waals surface area contributed by atoms with Crippen LogP contribution < -0.4 is 0 Å². The van der Waals surface area contributed by atoms with Crippen molar-refractivity contribution >= 4 is 23.3 Å². The molecule has 4 aromatic rings. The van der Waals surface area contributed by atoms with Gasteiger partial charge in [-0.05, 0) is 42.5 Å². The summed E-state index contributed by atoms with van der Waals surface area (Å²) in [5.41, 5.74) is 4.22. The molecule has 0 aliphatic carbocycles. The second-order valence-electron chi connectivity index (χ2n) is 7.04. The molecule has 31 heavy (non-hydrogen) atoms. The minimum atomic E-state index is 0.151. The Morgan fingerprint density at radius 1 is 0.677 bits per heavy atom. The Kier molecular flexibility index (Phi) is 6.19. The van der Waals surface area contributed by atoms with Gasteiger partial charge in [0.05, 0.1) is 17.1 Å². The van der Waals surface area contributed by atoms with Gasteiger partial charge in [-0.25, -0.2) is 0 Å². The van der Waals surface area contributed by atoms with Gasteiger partial charge in [0, 0.05) is 29.3 Å². The Balaban J connectivity index is 1.70. The first-order valence-electron chi connectivity index (χ1n) is 10.0. The van der Waals surface area contributed by atoms with Crippen molar-refractivity contribution in [3.63, 3.8) is 0 Å². The van der Waals surface area contributed by atoms with E-state index in [-0.39, 0.29) is 11.5 Å². The number of para-hydroxylation sites is 4. The predicted octanol–water partition coefficient (Wildman–Crippen LogP) is 6.21. The van der Waals surface area contributed by atoms with Crippen LogP contribution in [0.5, 0.6) is 11.5 Å². The minimum absolute atomic E-state index is 0.151. The molecule has 4 nitrogen and oxygen atoms in total. The maximum absolute atomic E-state index is 10.9. The fourth-order valence-corrected chi connectivity index (χ4v) is 3.27. The summed E-state index contributed by atoms with van der Waals surface area (Å²) in [4.78, 5) is 9.20. The summed E-state index contributed by atoms with van der Waals surface area (Å²) in [5, 5.41) is 21.3. The van der Waals surface area contributed by atoms with Crippen molar-refractivity contribution in [3.8, 4) is 11.5 Å². The van der Waals surface area contributed by atoms with Gasteiger partial charge in [0.15, 0.2) is 0 Å². The molecule has 0 fully saturated rings. The summed E-state index contributed by atoms with van der Waals surface area (Å²) in [7, 11) is 0. The Bertz CT molecular complexity index is 1220. The lowest BCUT2D eigenvalue weighted by Crippen LogP contribution is -2.06. The number of phenolic OH excluding ortho intramolecular Hbond substituents is 2. The fourth-order valence-electron chi connectivity index (χ4n) is 3.27. The van der Waals surface area contributed by atoms with Gasteiger partial charge < -0.3 is 10.2 Å². The third-order valence-electron chi connectivity index (χ3n) is 4.85. The van der Waals surface area contributed by atoms with Crippen molar-refractivity contribution in [3.05, 3.63) is 120 Å². The van der Waals surface area contributed by atoms with E-state index in [1.54, 1.807) is 18.3 Å². The predicted molar refractivity (Wildman–Crippen MR) is 126 cm³/mol. The molecule has 0 radical (unpaired) electrons. The third kappa shape index (κ3) is 5.06. The zero-order chi connectivity index (χ0) is 21.5. The first-order valence-corrected chi connectivity index (χ1v) is 10.0. The topological polar surface area (TPSA) is 65.2 Å². The molecule has 4 rings (SSSR count). The molecule has 0 atom stereocenters. The SMILES string of the molecule is Oc1ccccc1/C(Cc1cccc(/C=N/c2ccccc2)c1O)=N/c1ccccc1. The molecule has 0 aliphatic rings. The normalized spacial score (nSPS) is 11.7. The second kappa shape index (κ2) is 9.55. The molecule has 0 saturated carbocycles. The number of nitrogens with zero attached hydrogens (tertiary/aromatic N) is 2. The van der Waals surface area contributed by atoms with Crippen LogP contribution in [0, 0.1) is 0 Å². The van der Waals surface area contributed by atoms with E-state index in [0.717, 1.165) is 11.4 Å². The van der Waals surface area contributed by atoms with Gasteiger partial charge in [0.1, 0.15) is 11.5 Å². The molecule has 0 spiro atoms. The number of aromatic hydroxyl groups is 2. The largest absolute Gasteiger partial charge is 0.507 e. The molecule has 0 aromatic heterocycles. The molecule has 152 valence electrons. The second-order valence-corrected chi connectivity index (χ2v) is 7.04. The van der Waals surface area contributed by atoms with Crippen LogP contribution in [-0.4, -0.2) is 22.1 Å². The maximum atomic E-state index is 10.9. The van der Waals surface area contributed by atoms with Crippen LogP contribution in [0.3, 0.4) is 0 Å². The smallest absolute Gasteiger partial charge is 0.127 e. The van der Waals surface area contributed by atoms with Crippen LogP contribution in [0.25, 0.3) is 0 Å². The van der Waals surface area contributed by atoms with Crippen LogP contribution in [-0.2, 0) is 6.42 Å². The Labute approximate surface area is 181 Å². The Morgan fingerprint density at radius 2 is 1.32 bits per heavy atom. The van der Waals surface area contributed by atoms with Gasteiger partial charge in [0.2, 0.25) is 0 Å². The van der Waals surface area contributed by atoms with E-state index in [1.165, 1.54) is 0 Å². The van der Waals surface area contributed by atoms with Crippen LogP contribution in [0.4, 0.5) is 11.4 Å². The molecule has 0 unspecified atom stereocenters. The van der Waals surface area contributed by atoms with Crippen molar-refractivity contribution < 1.29 is 10.2 Å². The number of hydrogen-bond acceptors (Lipinski definition) is 4. The van der Waals surface area contributed by atoms with E-state index >= 15 is 0 Å². The van der Waals surface area contributed by atoms with Crippen LogP contribution in [0.15, 0.2) is 113 Å². The van der Waals surface area contributed by atoms with Gasteiger partial charge >= 0.3 is 0 Å². The summed E-state index contributed by atoms with van der Waals surface area (Å²) in [5.74, 6) is 0.303.